The summed E-state index contributed by atoms with van der Waals surface area (Å²) >= 11 is 0. The van der Waals surface area contributed by atoms with Crippen molar-refractivity contribution in [3.63, 3.8) is 0 Å². The van der Waals surface area contributed by atoms with Gasteiger partial charge in [0.15, 0.2) is 0 Å². The summed E-state index contributed by atoms with van der Waals surface area (Å²) < 4.78 is 0. The number of carboxylic acids is 1. The Balaban J connectivity index is 3.64. The molecule has 0 aromatic carbocycles. The summed E-state index contributed by atoms with van der Waals surface area (Å²) in [6.45, 7) is 8.02. The Bertz CT molecular complexity index is 193. The second-order valence-corrected chi connectivity index (χ2v) is 4.90. The Hall–Kier alpha value is -0.610. The largest absolute Gasteiger partial charge is 0.481 e. The number of nitrogens with two attached hydrogens (primary N) is 1. The molecule has 0 aliphatic heterocycles. The third kappa shape index (κ3) is 8.39. The van der Waals surface area contributed by atoms with E-state index in [1.807, 2.05) is 0 Å². The van der Waals surface area contributed by atoms with Gasteiger partial charge < -0.3 is 16.2 Å². The summed E-state index contributed by atoms with van der Waals surface area (Å²) in [7, 11) is 0. The van der Waals surface area contributed by atoms with Crippen LogP contribution in [-0.4, -0.2) is 30.2 Å². The van der Waals surface area contributed by atoms with Crippen molar-refractivity contribution in [2.24, 2.45) is 11.1 Å². The molecule has 1 unspecified atom stereocenters. The van der Waals surface area contributed by atoms with Crippen LogP contribution < -0.4 is 11.1 Å². The van der Waals surface area contributed by atoms with E-state index in [0.717, 1.165) is 19.4 Å². The molecular formula is C11H24N2O2. The van der Waals surface area contributed by atoms with Crippen molar-refractivity contribution in [3.8, 4) is 0 Å². The first-order valence-corrected chi connectivity index (χ1v) is 5.55. The van der Waals surface area contributed by atoms with Crippen LogP contribution >= 0.6 is 0 Å². The zero-order valence-corrected chi connectivity index (χ0v) is 10.0. The molecule has 0 amide bonds. The number of hydrogen-bond donors (Lipinski definition) is 3. The number of hydrogen-bond acceptors (Lipinski definition) is 3. The molecule has 15 heavy (non-hydrogen) atoms. The van der Waals surface area contributed by atoms with E-state index in [1.165, 1.54) is 0 Å². The minimum atomic E-state index is -0.836. The van der Waals surface area contributed by atoms with Crippen LogP contribution in [0.2, 0.25) is 0 Å². The average Bonchev–Trinajstić information content (AvgIpc) is 2.01. The molecule has 4 heteroatoms. The summed E-state index contributed by atoms with van der Waals surface area (Å²) in [5, 5.41) is 11.7. The average molecular weight is 216 g/mol. The number of carboxylic acid groups (broad SMARTS) is 1. The number of nitrogens with one attached hydrogen (secondary N) is 1. The third-order valence-electron chi connectivity index (χ3n) is 2.37. The van der Waals surface area contributed by atoms with E-state index < -0.39 is 5.97 Å². The highest BCUT2D eigenvalue weighted by Gasteiger charge is 2.16. The molecule has 0 aliphatic carbocycles. The molecule has 0 bridgehead atoms. The minimum Gasteiger partial charge on any atom is -0.481 e. The predicted octanol–water partition coefficient (Wildman–Crippen LogP) is 1.20. The van der Waals surface area contributed by atoms with Crippen LogP contribution in [0.4, 0.5) is 0 Å². The lowest BCUT2D eigenvalue weighted by atomic mass is 9.88. The van der Waals surface area contributed by atoms with Gasteiger partial charge >= 0.3 is 5.97 Å². The van der Waals surface area contributed by atoms with E-state index in [2.05, 4.69) is 26.1 Å². The molecule has 0 saturated carbocycles. The lowest BCUT2D eigenvalue weighted by Crippen LogP contribution is -2.39. The molecule has 4 nitrogen and oxygen atoms in total. The Morgan fingerprint density at radius 3 is 2.60 bits per heavy atom. The van der Waals surface area contributed by atoms with Gasteiger partial charge in [-0.2, -0.15) is 0 Å². The molecule has 0 fully saturated rings. The van der Waals surface area contributed by atoms with Crippen LogP contribution in [0, 0.1) is 5.41 Å². The molecule has 90 valence electrons. The van der Waals surface area contributed by atoms with Gasteiger partial charge in [-0.15, -0.1) is 0 Å². The summed E-state index contributed by atoms with van der Waals surface area (Å²) in [6.07, 6.45) is 2.35. The van der Waals surface area contributed by atoms with Gasteiger partial charge in [-0.05, 0) is 11.8 Å². The van der Waals surface area contributed by atoms with Crippen molar-refractivity contribution >= 4 is 5.97 Å². The molecule has 0 aromatic rings. The van der Waals surface area contributed by atoms with Gasteiger partial charge in [-0.25, -0.2) is 0 Å². The molecule has 0 aromatic heterocycles. The Kier molecular flexibility index (Phi) is 6.52. The summed E-state index contributed by atoms with van der Waals surface area (Å²) in [6, 6.07) is -0.292. The van der Waals surface area contributed by atoms with E-state index >= 15 is 0 Å². The fourth-order valence-corrected chi connectivity index (χ4v) is 1.66. The summed E-state index contributed by atoms with van der Waals surface area (Å²) in [4.78, 5) is 10.4. The molecule has 0 radical (unpaired) electrons. The second-order valence-electron chi connectivity index (χ2n) is 4.90. The maximum Gasteiger partial charge on any atom is 0.304 e. The molecule has 4 N–H and O–H groups in total. The van der Waals surface area contributed by atoms with Crippen molar-refractivity contribution in [1.29, 1.82) is 0 Å². The van der Waals surface area contributed by atoms with Crippen LogP contribution in [-0.2, 0) is 4.79 Å². The molecule has 1 atom stereocenters. The zero-order valence-electron chi connectivity index (χ0n) is 10.0. The first-order valence-electron chi connectivity index (χ1n) is 5.55. The zero-order chi connectivity index (χ0) is 11.9. The fourth-order valence-electron chi connectivity index (χ4n) is 1.66. The lowest BCUT2D eigenvalue weighted by molar-refractivity contribution is -0.137. The molecular weight excluding hydrogens is 192 g/mol. The van der Waals surface area contributed by atoms with Gasteiger partial charge in [-0.3, -0.25) is 4.79 Å². The lowest BCUT2D eigenvalue weighted by Gasteiger charge is -2.25. The summed E-state index contributed by atoms with van der Waals surface area (Å²) in [5.41, 5.74) is 5.90. The van der Waals surface area contributed by atoms with Gasteiger partial charge in [0.1, 0.15) is 0 Å². The molecule has 0 aliphatic rings. The highest BCUT2D eigenvalue weighted by atomic mass is 16.4. The standard InChI is InChI=1S/C11H24N2O2/c1-4-5-11(2,3)8-13-7-9(12)6-10(14)15/h9,13H,4-8,12H2,1-3H3,(H,14,15). The van der Waals surface area contributed by atoms with Crippen LogP contribution in [0.3, 0.4) is 0 Å². The Morgan fingerprint density at radius 1 is 1.53 bits per heavy atom. The molecule has 0 rings (SSSR count). The van der Waals surface area contributed by atoms with E-state index in [0.29, 0.717) is 6.54 Å². The maximum atomic E-state index is 10.4. The van der Waals surface area contributed by atoms with E-state index in [-0.39, 0.29) is 17.9 Å². The first-order chi connectivity index (χ1) is 6.87. The topological polar surface area (TPSA) is 75.3 Å². The molecule has 0 saturated heterocycles. The molecule has 0 spiro atoms. The minimum absolute atomic E-state index is 0.0290. The normalized spacial score (nSPS) is 13.9. The van der Waals surface area contributed by atoms with Gasteiger partial charge in [0.2, 0.25) is 0 Å². The fraction of sp³-hybridized carbons (Fsp3) is 0.909. The SMILES string of the molecule is CCCC(C)(C)CNCC(N)CC(=O)O. The first kappa shape index (κ1) is 14.4. The van der Waals surface area contributed by atoms with Crippen LogP contribution in [0.15, 0.2) is 0 Å². The highest BCUT2D eigenvalue weighted by Crippen LogP contribution is 2.20. The van der Waals surface area contributed by atoms with E-state index in [4.69, 9.17) is 10.8 Å². The monoisotopic (exact) mass is 216 g/mol. The van der Waals surface area contributed by atoms with Crippen molar-refractivity contribution < 1.29 is 9.90 Å². The van der Waals surface area contributed by atoms with Crippen molar-refractivity contribution in [3.05, 3.63) is 0 Å². The van der Waals surface area contributed by atoms with Crippen LogP contribution in [0.5, 0.6) is 0 Å². The number of rotatable bonds is 8. The van der Waals surface area contributed by atoms with E-state index in [9.17, 15) is 4.79 Å². The quantitative estimate of drug-likeness (QED) is 0.570. The van der Waals surface area contributed by atoms with Crippen LogP contribution in [0.25, 0.3) is 0 Å². The number of carbonyl (C=O) groups is 1. The third-order valence-corrected chi connectivity index (χ3v) is 2.37. The summed E-state index contributed by atoms with van der Waals surface area (Å²) in [5.74, 6) is -0.836. The Morgan fingerprint density at radius 2 is 2.13 bits per heavy atom. The van der Waals surface area contributed by atoms with Gasteiger partial charge in [0.05, 0.1) is 6.42 Å². The Labute approximate surface area is 92.2 Å². The smallest absolute Gasteiger partial charge is 0.304 e. The van der Waals surface area contributed by atoms with Gasteiger partial charge in [-0.1, -0.05) is 27.2 Å². The van der Waals surface area contributed by atoms with Crippen molar-refractivity contribution in [2.45, 2.75) is 46.1 Å². The van der Waals surface area contributed by atoms with E-state index in [1.54, 1.807) is 0 Å². The van der Waals surface area contributed by atoms with Gasteiger partial charge in [0, 0.05) is 19.1 Å². The number of aliphatic carboxylic acids is 1. The maximum absolute atomic E-state index is 10.4. The second kappa shape index (κ2) is 6.80. The molecule has 0 heterocycles. The van der Waals surface area contributed by atoms with Crippen molar-refractivity contribution in [1.82, 2.24) is 5.32 Å². The predicted molar refractivity (Wildman–Crippen MR) is 61.8 cm³/mol. The van der Waals surface area contributed by atoms with Crippen molar-refractivity contribution in [2.75, 3.05) is 13.1 Å². The van der Waals surface area contributed by atoms with Gasteiger partial charge in [0.25, 0.3) is 0 Å². The van der Waals surface area contributed by atoms with Crippen LogP contribution in [0.1, 0.15) is 40.0 Å². The highest BCUT2D eigenvalue weighted by molar-refractivity contribution is 5.67.